The van der Waals surface area contributed by atoms with Crippen molar-refractivity contribution in [3.63, 3.8) is 0 Å². The molecule has 2 N–H and O–H groups in total. The number of benzene rings is 2. The van der Waals surface area contributed by atoms with Gasteiger partial charge in [-0.05, 0) is 30.5 Å². The summed E-state index contributed by atoms with van der Waals surface area (Å²) in [7, 11) is 0. The molecule has 0 aliphatic carbocycles. The molecule has 3 nitrogen and oxygen atoms in total. The number of phenols is 2. The maximum absolute atomic E-state index is 12.1. The SMILES string of the molecule is Cc1ccccc1C(=O)CCc1ccc(O)cc1O. The largest absolute Gasteiger partial charge is 0.508 e. The van der Waals surface area contributed by atoms with Gasteiger partial charge in [0.25, 0.3) is 0 Å². The smallest absolute Gasteiger partial charge is 0.163 e. The van der Waals surface area contributed by atoms with E-state index in [9.17, 15) is 15.0 Å². The summed E-state index contributed by atoms with van der Waals surface area (Å²) in [6.07, 6.45) is 0.794. The van der Waals surface area contributed by atoms with Crippen LogP contribution in [0, 0.1) is 6.92 Å². The van der Waals surface area contributed by atoms with Crippen LogP contribution in [0.1, 0.15) is 27.9 Å². The Kier molecular flexibility index (Phi) is 3.85. The predicted molar refractivity (Wildman–Crippen MR) is 73.6 cm³/mol. The van der Waals surface area contributed by atoms with Crippen LogP contribution in [0.15, 0.2) is 42.5 Å². The minimum absolute atomic E-state index is 0.0199. The van der Waals surface area contributed by atoms with Crippen LogP contribution in [0.2, 0.25) is 0 Å². The van der Waals surface area contributed by atoms with Crippen LogP contribution in [-0.2, 0) is 6.42 Å². The number of hydrogen-bond donors (Lipinski definition) is 2. The molecule has 0 atom stereocenters. The van der Waals surface area contributed by atoms with Gasteiger partial charge in [0.15, 0.2) is 5.78 Å². The third kappa shape index (κ3) is 3.13. The second-order valence-electron chi connectivity index (χ2n) is 4.55. The third-order valence-corrected chi connectivity index (χ3v) is 3.14. The quantitative estimate of drug-likeness (QED) is 0.826. The molecule has 0 fully saturated rings. The number of phenolic OH excluding ortho intramolecular Hbond substituents is 2. The van der Waals surface area contributed by atoms with Gasteiger partial charge in [0.2, 0.25) is 0 Å². The van der Waals surface area contributed by atoms with Gasteiger partial charge < -0.3 is 10.2 Å². The van der Waals surface area contributed by atoms with Gasteiger partial charge in [-0.3, -0.25) is 4.79 Å². The van der Waals surface area contributed by atoms with Gasteiger partial charge in [-0.2, -0.15) is 0 Å². The van der Waals surface area contributed by atoms with E-state index >= 15 is 0 Å². The molecular weight excluding hydrogens is 240 g/mol. The maximum Gasteiger partial charge on any atom is 0.163 e. The van der Waals surface area contributed by atoms with Crippen molar-refractivity contribution in [2.45, 2.75) is 19.8 Å². The van der Waals surface area contributed by atoms with Crippen molar-refractivity contribution in [3.05, 3.63) is 59.2 Å². The lowest BCUT2D eigenvalue weighted by Gasteiger charge is -2.06. The highest BCUT2D eigenvalue weighted by Crippen LogP contribution is 2.24. The number of carbonyl (C=O) groups is 1. The highest BCUT2D eigenvalue weighted by molar-refractivity contribution is 5.97. The van der Waals surface area contributed by atoms with Crippen LogP contribution in [-0.4, -0.2) is 16.0 Å². The Bertz CT molecular complexity index is 603. The van der Waals surface area contributed by atoms with Crippen molar-refractivity contribution in [2.24, 2.45) is 0 Å². The van der Waals surface area contributed by atoms with Gasteiger partial charge in [-0.15, -0.1) is 0 Å². The molecule has 2 aromatic rings. The van der Waals surface area contributed by atoms with Gasteiger partial charge in [0.1, 0.15) is 11.5 Å². The molecule has 0 radical (unpaired) electrons. The van der Waals surface area contributed by atoms with Crippen LogP contribution in [0.25, 0.3) is 0 Å². The summed E-state index contributed by atoms with van der Waals surface area (Å²) in [5, 5.41) is 18.9. The van der Waals surface area contributed by atoms with E-state index in [0.717, 1.165) is 11.1 Å². The van der Waals surface area contributed by atoms with Crippen molar-refractivity contribution >= 4 is 5.78 Å². The summed E-state index contributed by atoms with van der Waals surface area (Å²) in [5.41, 5.74) is 2.35. The summed E-state index contributed by atoms with van der Waals surface area (Å²) in [6.45, 7) is 1.91. The van der Waals surface area contributed by atoms with E-state index in [1.807, 2.05) is 31.2 Å². The van der Waals surface area contributed by atoms with E-state index in [1.165, 1.54) is 12.1 Å². The first kappa shape index (κ1) is 13.1. The van der Waals surface area contributed by atoms with Gasteiger partial charge >= 0.3 is 0 Å². The van der Waals surface area contributed by atoms with Crippen LogP contribution in [0.5, 0.6) is 11.5 Å². The molecule has 0 heterocycles. The van der Waals surface area contributed by atoms with E-state index < -0.39 is 0 Å². The maximum atomic E-state index is 12.1. The highest BCUT2D eigenvalue weighted by atomic mass is 16.3. The molecule has 0 unspecified atom stereocenters. The normalized spacial score (nSPS) is 10.4. The fourth-order valence-electron chi connectivity index (χ4n) is 2.03. The first-order valence-corrected chi connectivity index (χ1v) is 6.17. The topological polar surface area (TPSA) is 57.5 Å². The number of Topliss-reactive ketones (excluding diaryl/α,β-unsaturated/α-hetero) is 1. The minimum atomic E-state index is 0.0199. The number of ketones is 1. The highest BCUT2D eigenvalue weighted by Gasteiger charge is 2.10. The molecule has 0 bridgehead atoms. The fraction of sp³-hybridized carbons (Fsp3) is 0.188. The number of aromatic hydroxyl groups is 2. The predicted octanol–water partition coefficient (Wildman–Crippen LogP) is 3.22. The Morgan fingerprint density at radius 1 is 1.11 bits per heavy atom. The Balaban J connectivity index is 2.07. The Hall–Kier alpha value is -2.29. The van der Waals surface area contributed by atoms with E-state index in [2.05, 4.69) is 0 Å². The summed E-state index contributed by atoms with van der Waals surface area (Å²) in [4.78, 5) is 12.1. The minimum Gasteiger partial charge on any atom is -0.508 e. The number of rotatable bonds is 4. The zero-order valence-electron chi connectivity index (χ0n) is 10.8. The van der Waals surface area contributed by atoms with Gasteiger partial charge in [0, 0.05) is 18.1 Å². The summed E-state index contributed by atoms with van der Waals surface area (Å²) >= 11 is 0. The number of hydrogen-bond acceptors (Lipinski definition) is 3. The van der Waals surface area contributed by atoms with Crippen LogP contribution in [0.4, 0.5) is 0 Å². The van der Waals surface area contributed by atoms with E-state index in [1.54, 1.807) is 6.07 Å². The molecule has 0 aliphatic rings. The molecule has 0 saturated carbocycles. The molecule has 3 heteroatoms. The number of carbonyl (C=O) groups excluding carboxylic acids is 1. The van der Waals surface area contributed by atoms with Gasteiger partial charge in [0.05, 0.1) is 0 Å². The molecule has 0 aromatic heterocycles. The summed E-state index contributed by atoms with van der Waals surface area (Å²) in [5.74, 6) is 0.106. The van der Waals surface area contributed by atoms with Crippen molar-refractivity contribution < 1.29 is 15.0 Å². The van der Waals surface area contributed by atoms with Crippen LogP contribution >= 0.6 is 0 Å². The molecule has 2 aromatic carbocycles. The summed E-state index contributed by atoms with van der Waals surface area (Å²) < 4.78 is 0. The number of aryl methyl sites for hydroxylation is 2. The molecule has 0 saturated heterocycles. The lowest BCUT2D eigenvalue weighted by molar-refractivity contribution is 0.0982. The summed E-state index contributed by atoms with van der Waals surface area (Å²) in [6, 6.07) is 11.9. The Morgan fingerprint density at radius 2 is 1.84 bits per heavy atom. The first-order valence-electron chi connectivity index (χ1n) is 6.17. The second-order valence-corrected chi connectivity index (χ2v) is 4.55. The van der Waals surface area contributed by atoms with Crippen LogP contribution < -0.4 is 0 Å². The molecule has 19 heavy (non-hydrogen) atoms. The molecule has 98 valence electrons. The van der Waals surface area contributed by atoms with Gasteiger partial charge in [-0.1, -0.05) is 30.3 Å². The van der Waals surface area contributed by atoms with Crippen molar-refractivity contribution in [1.29, 1.82) is 0 Å². The molecule has 0 aliphatic heterocycles. The van der Waals surface area contributed by atoms with E-state index in [-0.39, 0.29) is 17.3 Å². The first-order chi connectivity index (χ1) is 9.08. The molecular formula is C16H16O3. The molecule has 2 rings (SSSR count). The van der Waals surface area contributed by atoms with Gasteiger partial charge in [-0.25, -0.2) is 0 Å². The lowest BCUT2D eigenvalue weighted by Crippen LogP contribution is -2.03. The van der Waals surface area contributed by atoms with Crippen molar-refractivity contribution in [3.8, 4) is 11.5 Å². The fourth-order valence-corrected chi connectivity index (χ4v) is 2.03. The average Bonchev–Trinajstić information content (AvgIpc) is 2.38. The lowest BCUT2D eigenvalue weighted by atomic mass is 9.99. The second kappa shape index (κ2) is 5.57. The van der Waals surface area contributed by atoms with Crippen LogP contribution in [0.3, 0.4) is 0 Å². The van der Waals surface area contributed by atoms with Crippen molar-refractivity contribution in [1.82, 2.24) is 0 Å². The van der Waals surface area contributed by atoms with E-state index in [0.29, 0.717) is 18.4 Å². The average molecular weight is 256 g/mol. The third-order valence-electron chi connectivity index (χ3n) is 3.14. The Morgan fingerprint density at radius 3 is 2.53 bits per heavy atom. The zero-order valence-corrected chi connectivity index (χ0v) is 10.8. The standard InChI is InChI=1S/C16H16O3/c1-11-4-2-3-5-14(11)15(18)9-7-12-6-8-13(17)10-16(12)19/h2-6,8,10,17,19H,7,9H2,1H3. The monoisotopic (exact) mass is 256 g/mol. The van der Waals surface area contributed by atoms with Crippen molar-refractivity contribution in [2.75, 3.05) is 0 Å². The Labute approximate surface area is 112 Å². The zero-order chi connectivity index (χ0) is 13.8. The molecule has 0 spiro atoms. The molecule has 0 amide bonds. The van der Waals surface area contributed by atoms with E-state index in [4.69, 9.17) is 0 Å².